The van der Waals surface area contributed by atoms with E-state index in [9.17, 15) is 9.59 Å². The standard InChI is InChI=1S/C19H17N3O2/c23-17-9-8-15(13-20-17)19(24)22-12-11-21-10-4-7-16(21)18(22)14-5-2-1-3-6-14/h1-10,13,18H,11-12H2,(H,20,23). The molecule has 4 rings (SSSR count). The van der Waals surface area contributed by atoms with Gasteiger partial charge in [0.25, 0.3) is 5.91 Å². The molecule has 3 heterocycles. The predicted molar refractivity (Wildman–Crippen MR) is 90.8 cm³/mol. The Balaban J connectivity index is 1.77. The van der Waals surface area contributed by atoms with Gasteiger partial charge in [-0.05, 0) is 23.8 Å². The van der Waals surface area contributed by atoms with Gasteiger partial charge in [-0.3, -0.25) is 9.59 Å². The number of hydrogen-bond acceptors (Lipinski definition) is 2. The van der Waals surface area contributed by atoms with Gasteiger partial charge in [-0.25, -0.2) is 0 Å². The Bertz CT molecular complexity index is 907. The fraction of sp³-hybridized carbons (Fsp3) is 0.158. The number of benzene rings is 1. The van der Waals surface area contributed by atoms with Crippen molar-refractivity contribution >= 4 is 5.91 Å². The lowest BCUT2D eigenvalue weighted by Crippen LogP contribution is -2.42. The van der Waals surface area contributed by atoms with Gasteiger partial charge in [0.05, 0.1) is 11.6 Å². The van der Waals surface area contributed by atoms with Gasteiger partial charge >= 0.3 is 0 Å². The first-order valence-corrected chi connectivity index (χ1v) is 7.94. The van der Waals surface area contributed by atoms with Crippen LogP contribution in [0.25, 0.3) is 0 Å². The normalized spacial score (nSPS) is 16.7. The highest BCUT2D eigenvalue weighted by Crippen LogP contribution is 2.33. The number of aromatic amines is 1. The molecule has 1 aliphatic rings. The van der Waals surface area contributed by atoms with E-state index in [0.717, 1.165) is 17.8 Å². The molecule has 1 unspecified atom stereocenters. The number of aromatic nitrogens is 2. The van der Waals surface area contributed by atoms with E-state index < -0.39 is 0 Å². The molecular formula is C19H17N3O2. The molecule has 1 aromatic carbocycles. The molecular weight excluding hydrogens is 302 g/mol. The first-order valence-electron chi connectivity index (χ1n) is 7.94. The number of amides is 1. The van der Waals surface area contributed by atoms with Gasteiger partial charge in [-0.15, -0.1) is 0 Å². The highest BCUT2D eigenvalue weighted by Gasteiger charge is 2.32. The van der Waals surface area contributed by atoms with E-state index in [2.05, 4.69) is 15.6 Å². The summed E-state index contributed by atoms with van der Waals surface area (Å²) in [7, 11) is 0. The number of H-pyrrole nitrogens is 1. The Kier molecular flexibility index (Phi) is 3.54. The fourth-order valence-corrected chi connectivity index (χ4v) is 3.30. The molecule has 3 aromatic rings. The third-order valence-corrected chi connectivity index (χ3v) is 4.45. The minimum Gasteiger partial charge on any atom is -0.348 e. The van der Waals surface area contributed by atoms with E-state index in [-0.39, 0.29) is 17.5 Å². The van der Waals surface area contributed by atoms with E-state index >= 15 is 0 Å². The maximum absolute atomic E-state index is 13.0. The van der Waals surface area contributed by atoms with Crippen molar-refractivity contribution in [3.63, 3.8) is 0 Å². The van der Waals surface area contributed by atoms with Gasteiger partial charge in [0.2, 0.25) is 5.56 Å². The Morgan fingerprint density at radius 1 is 1.00 bits per heavy atom. The zero-order valence-corrected chi connectivity index (χ0v) is 13.1. The number of nitrogens with zero attached hydrogens (tertiary/aromatic N) is 2. The Morgan fingerprint density at radius 2 is 1.83 bits per heavy atom. The Hall–Kier alpha value is -3.08. The summed E-state index contributed by atoms with van der Waals surface area (Å²) in [5.41, 5.74) is 2.47. The number of hydrogen-bond donors (Lipinski definition) is 1. The molecule has 1 amide bonds. The van der Waals surface area contributed by atoms with Gasteiger partial charge in [0, 0.05) is 37.2 Å². The molecule has 0 spiro atoms. The molecule has 1 atom stereocenters. The van der Waals surface area contributed by atoms with Crippen LogP contribution >= 0.6 is 0 Å². The maximum atomic E-state index is 13.0. The summed E-state index contributed by atoms with van der Waals surface area (Å²) in [4.78, 5) is 28.7. The van der Waals surface area contributed by atoms with Crippen molar-refractivity contribution in [2.24, 2.45) is 0 Å². The molecule has 24 heavy (non-hydrogen) atoms. The van der Waals surface area contributed by atoms with Crippen LogP contribution in [0.4, 0.5) is 0 Å². The van der Waals surface area contributed by atoms with Crippen LogP contribution in [0.1, 0.15) is 27.7 Å². The van der Waals surface area contributed by atoms with Crippen molar-refractivity contribution in [1.82, 2.24) is 14.5 Å². The van der Waals surface area contributed by atoms with E-state index in [1.807, 2.05) is 47.5 Å². The Labute approximate surface area is 139 Å². The summed E-state index contributed by atoms with van der Waals surface area (Å²) in [6.07, 6.45) is 3.54. The van der Waals surface area contributed by atoms with Gasteiger partial charge in [0.15, 0.2) is 0 Å². The van der Waals surface area contributed by atoms with Gasteiger partial charge < -0.3 is 14.5 Å². The minimum absolute atomic E-state index is 0.0763. The Morgan fingerprint density at radius 3 is 2.58 bits per heavy atom. The molecule has 0 radical (unpaired) electrons. The monoisotopic (exact) mass is 319 g/mol. The van der Waals surface area contributed by atoms with Crippen LogP contribution in [0.15, 0.2) is 71.8 Å². The molecule has 5 nitrogen and oxygen atoms in total. The topological polar surface area (TPSA) is 58.1 Å². The number of pyridine rings is 1. The molecule has 0 saturated carbocycles. The van der Waals surface area contributed by atoms with Gasteiger partial charge in [-0.1, -0.05) is 30.3 Å². The molecule has 0 bridgehead atoms. The van der Waals surface area contributed by atoms with Crippen LogP contribution in [0.5, 0.6) is 0 Å². The smallest absolute Gasteiger partial charge is 0.256 e. The molecule has 0 aliphatic carbocycles. The fourth-order valence-electron chi connectivity index (χ4n) is 3.30. The second-order valence-electron chi connectivity index (χ2n) is 5.88. The summed E-state index contributed by atoms with van der Waals surface area (Å²) in [5, 5.41) is 0. The predicted octanol–water partition coefficient (Wildman–Crippen LogP) is 2.42. The van der Waals surface area contributed by atoms with E-state index in [1.165, 1.54) is 12.3 Å². The van der Waals surface area contributed by atoms with Crippen molar-refractivity contribution in [2.75, 3.05) is 6.54 Å². The second kappa shape index (κ2) is 5.85. The zero-order valence-electron chi connectivity index (χ0n) is 13.1. The van der Waals surface area contributed by atoms with Crippen LogP contribution in [0.2, 0.25) is 0 Å². The second-order valence-corrected chi connectivity index (χ2v) is 5.88. The average Bonchev–Trinajstić information content (AvgIpc) is 3.10. The van der Waals surface area contributed by atoms with Gasteiger partial charge in [-0.2, -0.15) is 0 Å². The van der Waals surface area contributed by atoms with Crippen molar-refractivity contribution in [3.8, 4) is 0 Å². The summed E-state index contributed by atoms with van der Waals surface area (Å²) in [6.45, 7) is 1.39. The highest BCUT2D eigenvalue weighted by molar-refractivity contribution is 5.94. The minimum atomic E-state index is -0.210. The summed E-state index contributed by atoms with van der Waals surface area (Å²) in [5.74, 6) is -0.0763. The zero-order chi connectivity index (χ0) is 16.5. The van der Waals surface area contributed by atoms with Crippen molar-refractivity contribution in [1.29, 1.82) is 0 Å². The molecule has 2 aromatic heterocycles. The quantitative estimate of drug-likeness (QED) is 0.788. The maximum Gasteiger partial charge on any atom is 0.256 e. The van der Waals surface area contributed by atoms with E-state index in [1.54, 1.807) is 6.07 Å². The van der Waals surface area contributed by atoms with Crippen LogP contribution in [0, 0.1) is 0 Å². The lowest BCUT2D eigenvalue weighted by atomic mass is 9.99. The first-order chi connectivity index (χ1) is 11.7. The van der Waals surface area contributed by atoms with Crippen LogP contribution in [0.3, 0.4) is 0 Å². The molecule has 1 aliphatic heterocycles. The summed E-state index contributed by atoms with van der Waals surface area (Å²) in [6, 6.07) is 16.9. The average molecular weight is 319 g/mol. The number of nitrogens with one attached hydrogen (secondary N) is 1. The number of fused-ring (bicyclic) bond motifs is 1. The van der Waals surface area contributed by atoms with Crippen molar-refractivity contribution < 1.29 is 4.79 Å². The lowest BCUT2D eigenvalue weighted by molar-refractivity contribution is 0.0663. The third kappa shape index (κ3) is 2.44. The van der Waals surface area contributed by atoms with E-state index in [0.29, 0.717) is 12.1 Å². The number of rotatable bonds is 2. The molecule has 5 heteroatoms. The third-order valence-electron chi connectivity index (χ3n) is 4.45. The van der Waals surface area contributed by atoms with Crippen LogP contribution in [-0.2, 0) is 6.54 Å². The summed E-state index contributed by atoms with van der Waals surface area (Å²) < 4.78 is 2.19. The van der Waals surface area contributed by atoms with Crippen LogP contribution in [-0.4, -0.2) is 26.9 Å². The molecule has 0 fully saturated rings. The highest BCUT2D eigenvalue weighted by atomic mass is 16.2. The lowest BCUT2D eigenvalue weighted by Gasteiger charge is -2.37. The number of carbonyl (C=O) groups is 1. The number of carbonyl (C=O) groups excluding carboxylic acids is 1. The molecule has 120 valence electrons. The van der Waals surface area contributed by atoms with E-state index in [4.69, 9.17) is 0 Å². The molecule has 1 N–H and O–H groups in total. The SMILES string of the molecule is O=C(c1ccc(=O)[nH]c1)N1CCn2cccc2C1c1ccccc1. The van der Waals surface area contributed by atoms with Crippen LogP contribution < -0.4 is 5.56 Å². The van der Waals surface area contributed by atoms with Crippen molar-refractivity contribution in [2.45, 2.75) is 12.6 Å². The van der Waals surface area contributed by atoms with Gasteiger partial charge in [0.1, 0.15) is 0 Å². The summed E-state index contributed by atoms with van der Waals surface area (Å²) >= 11 is 0. The van der Waals surface area contributed by atoms with Crippen molar-refractivity contribution in [3.05, 3.63) is 94.2 Å². The molecule has 0 saturated heterocycles. The first kappa shape index (κ1) is 14.5. The largest absolute Gasteiger partial charge is 0.348 e.